The number of amides is 1. The summed E-state index contributed by atoms with van der Waals surface area (Å²) < 4.78 is 53.6. The Labute approximate surface area is 174 Å². The Hall–Kier alpha value is -2.94. The highest BCUT2D eigenvalue weighted by Crippen LogP contribution is 2.33. The minimum atomic E-state index is -4.66. The molecule has 0 saturated carbocycles. The summed E-state index contributed by atoms with van der Waals surface area (Å²) in [6.07, 6.45) is -4.66. The predicted octanol–water partition coefficient (Wildman–Crippen LogP) is 5.73. The summed E-state index contributed by atoms with van der Waals surface area (Å²) in [6, 6.07) is 13.5. The third-order valence-electron chi connectivity index (χ3n) is 4.16. The van der Waals surface area contributed by atoms with E-state index in [0.29, 0.717) is 11.1 Å². The molecule has 0 fully saturated rings. The molecule has 0 aliphatic heterocycles. The summed E-state index contributed by atoms with van der Waals surface area (Å²) in [4.78, 5) is 20.2. The van der Waals surface area contributed by atoms with Crippen molar-refractivity contribution in [3.8, 4) is 11.3 Å². The first-order chi connectivity index (χ1) is 14.1. The van der Waals surface area contributed by atoms with E-state index < -0.39 is 28.8 Å². The Kier molecular flexibility index (Phi) is 6.40. The van der Waals surface area contributed by atoms with Crippen LogP contribution < -0.4 is 5.32 Å². The van der Waals surface area contributed by atoms with Crippen LogP contribution >= 0.6 is 11.8 Å². The molecule has 9 heteroatoms. The van der Waals surface area contributed by atoms with E-state index in [2.05, 4.69) is 15.3 Å². The van der Waals surface area contributed by atoms with Gasteiger partial charge in [-0.2, -0.15) is 13.2 Å². The van der Waals surface area contributed by atoms with Crippen molar-refractivity contribution in [1.82, 2.24) is 9.97 Å². The number of carbonyl (C=O) groups excluding carboxylic acids is 1. The average molecular weight is 435 g/mol. The summed E-state index contributed by atoms with van der Waals surface area (Å²) in [5.74, 6) is -0.979. The molecule has 0 aliphatic carbocycles. The van der Waals surface area contributed by atoms with E-state index in [0.717, 1.165) is 17.8 Å². The van der Waals surface area contributed by atoms with Crippen molar-refractivity contribution < 1.29 is 22.4 Å². The van der Waals surface area contributed by atoms with Gasteiger partial charge in [-0.25, -0.2) is 14.4 Å². The van der Waals surface area contributed by atoms with Gasteiger partial charge in [0.15, 0.2) is 5.16 Å². The molecule has 4 nitrogen and oxygen atoms in total. The van der Waals surface area contributed by atoms with Crippen LogP contribution in [0.25, 0.3) is 11.3 Å². The van der Waals surface area contributed by atoms with Crippen molar-refractivity contribution in [3.63, 3.8) is 0 Å². The summed E-state index contributed by atoms with van der Waals surface area (Å²) in [5, 5.41) is 1.55. The van der Waals surface area contributed by atoms with E-state index >= 15 is 0 Å². The number of hydrogen-bond acceptors (Lipinski definition) is 4. The van der Waals surface area contributed by atoms with Gasteiger partial charge in [0, 0.05) is 11.3 Å². The lowest BCUT2D eigenvalue weighted by Crippen LogP contribution is -2.23. The number of halogens is 4. The fraction of sp³-hybridized carbons (Fsp3) is 0.190. The molecule has 1 aromatic heterocycles. The quantitative estimate of drug-likeness (QED) is 0.316. The van der Waals surface area contributed by atoms with Crippen molar-refractivity contribution in [1.29, 1.82) is 0 Å². The fourth-order valence-electron chi connectivity index (χ4n) is 2.51. The highest BCUT2D eigenvalue weighted by atomic mass is 32.2. The first-order valence-electron chi connectivity index (χ1n) is 8.89. The SMILES string of the molecule is Cc1ccc(NC(=O)C(C)Sc2nc(-c3ccccc3)cc(C(F)(F)F)n2)cc1F. The zero-order valence-corrected chi connectivity index (χ0v) is 16.8. The van der Waals surface area contributed by atoms with Crippen LogP contribution in [0, 0.1) is 12.7 Å². The number of benzene rings is 2. The molecule has 156 valence electrons. The second kappa shape index (κ2) is 8.83. The van der Waals surface area contributed by atoms with Crippen molar-refractivity contribution >= 4 is 23.4 Å². The number of carbonyl (C=O) groups is 1. The number of aryl methyl sites for hydroxylation is 1. The minimum Gasteiger partial charge on any atom is -0.325 e. The summed E-state index contributed by atoms with van der Waals surface area (Å²) in [6.45, 7) is 3.10. The molecule has 1 amide bonds. The molecular weight excluding hydrogens is 418 g/mol. The van der Waals surface area contributed by atoms with Gasteiger partial charge in [0.1, 0.15) is 11.5 Å². The number of aromatic nitrogens is 2. The molecule has 0 aliphatic rings. The zero-order chi connectivity index (χ0) is 21.9. The lowest BCUT2D eigenvalue weighted by Gasteiger charge is -2.14. The van der Waals surface area contributed by atoms with Crippen molar-refractivity contribution in [2.45, 2.75) is 30.4 Å². The molecule has 0 spiro atoms. The van der Waals surface area contributed by atoms with E-state index in [-0.39, 0.29) is 16.5 Å². The molecule has 0 bridgehead atoms. The van der Waals surface area contributed by atoms with Crippen LogP contribution in [-0.4, -0.2) is 21.1 Å². The summed E-state index contributed by atoms with van der Waals surface area (Å²) in [7, 11) is 0. The molecule has 0 radical (unpaired) electrons. The van der Waals surface area contributed by atoms with Gasteiger partial charge in [0.05, 0.1) is 10.9 Å². The van der Waals surface area contributed by atoms with E-state index in [1.165, 1.54) is 19.1 Å². The second-order valence-electron chi connectivity index (χ2n) is 6.50. The Bertz CT molecular complexity index is 1060. The Morgan fingerprint density at radius 2 is 1.77 bits per heavy atom. The van der Waals surface area contributed by atoms with Crippen molar-refractivity contribution in [3.05, 3.63) is 71.7 Å². The molecule has 1 N–H and O–H groups in total. The highest BCUT2D eigenvalue weighted by Gasteiger charge is 2.34. The van der Waals surface area contributed by atoms with Crippen LogP contribution in [0.5, 0.6) is 0 Å². The first-order valence-corrected chi connectivity index (χ1v) is 9.77. The predicted molar refractivity (Wildman–Crippen MR) is 108 cm³/mol. The first kappa shape index (κ1) is 21.8. The van der Waals surface area contributed by atoms with E-state index in [9.17, 15) is 22.4 Å². The topological polar surface area (TPSA) is 54.9 Å². The van der Waals surface area contributed by atoms with Gasteiger partial charge in [0.2, 0.25) is 5.91 Å². The minimum absolute atomic E-state index is 0.105. The lowest BCUT2D eigenvalue weighted by molar-refractivity contribution is -0.141. The van der Waals surface area contributed by atoms with Gasteiger partial charge in [-0.3, -0.25) is 4.79 Å². The highest BCUT2D eigenvalue weighted by molar-refractivity contribution is 8.00. The zero-order valence-electron chi connectivity index (χ0n) is 16.0. The van der Waals surface area contributed by atoms with E-state index in [1.807, 2.05) is 0 Å². The molecule has 1 atom stereocenters. The van der Waals surface area contributed by atoms with Gasteiger partial charge < -0.3 is 5.32 Å². The van der Waals surface area contributed by atoms with Crippen molar-refractivity contribution in [2.75, 3.05) is 5.32 Å². The molecule has 0 saturated heterocycles. The number of nitrogens with zero attached hydrogens (tertiary/aromatic N) is 2. The maximum Gasteiger partial charge on any atom is 0.433 e. The Balaban J connectivity index is 1.83. The van der Waals surface area contributed by atoms with Crippen molar-refractivity contribution in [2.24, 2.45) is 0 Å². The standard InChI is InChI=1S/C21H17F4N3OS/c1-12-8-9-15(10-16(12)22)26-19(29)13(2)30-20-27-17(14-6-4-3-5-7-14)11-18(28-20)21(23,24)25/h3-11,13H,1-2H3,(H,26,29). The third-order valence-corrected chi connectivity index (χ3v) is 5.12. The van der Waals surface area contributed by atoms with E-state index in [1.54, 1.807) is 43.3 Å². The van der Waals surface area contributed by atoms with Gasteiger partial charge in [0.25, 0.3) is 0 Å². The largest absolute Gasteiger partial charge is 0.433 e. The van der Waals surface area contributed by atoms with Gasteiger partial charge in [-0.05, 0) is 37.6 Å². The molecule has 3 rings (SSSR count). The molecule has 2 aromatic carbocycles. The average Bonchev–Trinajstić information content (AvgIpc) is 2.70. The summed E-state index contributed by atoms with van der Waals surface area (Å²) in [5.41, 5.74) is 0.201. The number of thioether (sulfide) groups is 1. The van der Waals surface area contributed by atoms with Gasteiger partial charge in [-0.15, -0.1) is 0 Å². The molecular formula is C21H17F4N3OS. The normalized spacial score (nSPS) is 12.5. The number of alkyl halides is 3. The Morgan fingerprint density at radius 1 is 1.07 bits per heavy atom. The van der Waals surface area contributed by atoms with Crippen LogP contribution in [0.2, 0.25) is 0 Å². The van der Waals surface area contributed by atoms with Crippen LogP contribution in [-0.2, 0) is 11.0 Å². The second-order valence-corrected chi connectivity index (χ2v) is 7.81. The maximum absolute atomic E-state index is 13.7. The monoisotopic (exact) mass is 435 g/mol. The maximum atomic E-state index is 13.7. The van der Waals surface area contributed by atoms with Crippen LogP contribution in [0.3, 0.4) is 0 Å². The smallest absolute Gasteiger partial charge is 0.325 e. The van der Waals surface area contributed by atoms with Crippen LogP contribution in [0.1, 0.15) is 18.2 Å². The Morgan fingerprint density at radius 3 is 2.40 bits per heavy atom. The molecule has 30 heavy (non-hydrogen) atoms. The number of anilines is 1. The number of nitrogens with one attached hydrogen (secondary N) is 1. The fourth-order valence-corrected chi connectivity index (χ4v) is 3.29. The summed E-state index contributed by atoms with van der Waals surface area (Å²) >= 11 is 0.789. The van der Waals surface area contributed by atoms with Gasteiger partial charge in [-0.1, -0.05) is 48.2 Å². The third kappa shape index (κ3) is 5.35. The van der Waals surface area contributed by atoms with Gasteiger partial charge >= 0.3 is 6.18 Å². The van der Waals surface area contributed by atoms with Crippen LogP contribution in [0.4, 0.5) is 23.2 Å². The molecule has 1 heterocycles. The molecule has 1 unspecified atom stereocenters. The molecule has 3 aromatic rings. The number of rotatable bonds is 5. The number of hydrogen-bond donors (Lipinski definition) is 1. The van der Waals surface area contributed by atoms with Crippen LogP contribution in [0.15, 0.2) is 59.8 Å². The van der Waals surface area contributed by atoms with E-state index in [4.69, 9.17) is 0 Å². The lowest BCUT2D eigenvalue weighted by atomic mass is 10.1.